The molecular weight excluding hydrogens is 1030 g/mol. The fourth-order valence-electron chi connectivity index (χ4n) is 9.09. The molecular formula is C61H54IrN4OSi-2. The number of fused-ring (bicyclic) bond motifs is 6. The maximum atomic E-state index is 8.84. The molecule has 0 aliphatic heterocycles. The van der Waals surface area contributed by atoms with Crippen molar-refractivity contribution in [2.24, 2.45) is 0 Å². The second-order valence-corrected chi connectivity index (χ2v) is 23.8. The molecule has 5 nitrogen and oxygen atoms in total. The number of imidazole rings is 1. The number of rotatable bonds is 9. The molecule has 0 N–H and O–H groups in total. The average molecular weight is 1080 g/mol. The monoisotopic (exact) mass is 1080 g/mol. The van der Waals surface area contributed by atoms with Crippen molar-refractivity contribution in [3.63, 3.8) is 0 Å². The minimum Gasteiger partial charge on any atom is -0.501 e. The standard InChI is InChI=1S/C40H32N3O.C21H22NSi.Ir/c1-24(2)33-21-28(26-13-6-5-7-14-26)22-34(25(3)4)36(33)43-37-29-16-9-8-15-27(29)23-41-39(37)42-40(43)32-19-12-18-31-30-17-10-11-20-35(30)44-38(31)32;1-23(2,3)21-16-22-20(18-12-8-5-9-13-18)15-19(21)14-17-10-6-4-7-11-17;/h5-18,20-25H,1-4H3;4-12,15-16H,14H2,1-3H3;/q2*-1;/i;14D2;. The van der Waals surface area contributed by atoms with Gasteiger partial charge >= 0.3 is 0 Å². The summed E-state index contributed by atoms with van der Waals surface area (Å²) in [6.45, 7) is 15.8. The fourth-order valence-corrected chi connectivity index (χ4v) is 10.5. The van der Waals surface area contributed by atoms with Gasteiger partial charge in [0.05, 0.1) is 25.0 Å². The van der Waals surface area contributed by atoms with Crippen molar-refractivity contribution in [3.05, 3.63) is 211 Å². The topological polar surface area (TPSA) is 56.7 Å². The van der Waals surface area contributed by atoms with Crippen LogP contribution in [0.4, 0.5) is 0 Å². The first kappa shape index (κ1) is 43.8. The Balaban J connectivity index is 0.000000200. The van der Waals surface area contributed by atoms with Gasteiger partial charge in [0, 0.05) is 57.1 Å². The van der Waals surface area contributed by atoms with Crippen LogP contribution in [-0.4, -0.2) is 27.6 Å². The van der Waals surface area contributed by atoms with Gasteiger partial charge in [-0.25, -0.2) is 4.98 Å². The SMILES string of the molecule is CC(C)c1cc(-c2ccccc2)cc(C(C)C)c1-n1c(-c2[c-]ccc3c2oc2ccccc23)nc2ncc3ccccc3c21.[2H]C([2H])(c1ccccc1)c1cc(-c2[c-]cccc2)ncc1[Si](C)(C)C.[Ir]. The molecule has 0 spiro atoms. The summed E-state index contributed by atoms with van der Waals surface area (Å²) in [5.74, 6) is 1.29. The third-order valence-corrected chi connectivity index (χ3v) is 14.5. The average Bonchev–Trinajstić information content (AvgIpc) is 3.96. The van der Waals surface area contributed by atoms with E-state index in [4.69, 9.17) is 17.1 Å². The predicted octanol–water partition coefficient (Wildman–Crippen LogP) is 15.5. The van der Waals surface area contributed by atoms with E-state index in [1.165, 1.54) is 22.3 Å². The van der Waals surface area contributed by atoms with E-state index >= 15 is 0 Å². The van der Waals surface area contributed by atoms with Crippen LogP contribution in [0.5, 0.6) is 0 Å². The third-order valence-electron chi connectivity index (χ3n) is 12.5. The molecule has 0 amide bonds. The van der Waals surface area contributed by atoms with E-state index < -0.39 is 14.4 Å². The molecule has 339 valence electrons. The van der Waals surface area contributed by atoms with Gasteiger partial charge < -0.3 is 14.0 Å². The molecule has 0 bridgehead atoms. The molecule has 0 aliphatic carbocycles. The van der Waals surface area contributed by atoms with Crippen molar-refractivity contribution >= 4 is 57.1 Å². The van der Waals surface area contributed by atoms with E-state index in [0.717, 1.165) is 77.3 Å². The van der Waals surface area contributed by atoms with Crippen LogP contribution in [0.3, 0.4) is 0 Å². The fraction of sp³-hybridized carbons (Fsp3) is 0.164. The van der Waals surface area contributed by atoms with E-state index in [1.807, 2.05) is 91.3 Å². The first-order valence-electron chi connectivity index (χ1n) is 24.2. The van der Waals surface area contributed by atoms with E-state index in [-0.39, 0.29) is 31.9 Å². The molecule has 7 aromatic carbocycles. The maximum absolute atomic E-state index is 8.84. The minimum atomic E-state index is -1.76. The molecule has 0 atom stereocenters. The summed E-state index contributed by atoms with van der Waals surface area (Å²) in [4.78, 5) is 14.8. The molecule has 0 saturated heterocycles. The Kier molecular flexibility index (Phi) is 12.5. The molecule has 0 saturated carbocycles. The van der Waals surface area contributed by atoms with Crippen LogP contribution in [0.25, 0.3) is 83.3 Å². The zero-order valence-corrected chi connectivity index (χ0v) is 42.8. The molecule has 68 heavy (non-hydrogen) atoms. The quantitative estimate of drug-likeness (QED) is 0.107. The Morgan fingerprint density at radius 1 is 0.647 bits per heavy atom. The molecule has 7 heteroatoms. The molecule has 1 radical (unpaired) electrons. The first-order valence-corrected chi connectivity index (χ1v) is 26.7. The van der Waals surface area contributed by atoms with Crippen LogP contribution in [-0.2, 0) is 26.5 Å². The largest absolute Gasteiger partial charge is 0.501 e. The summed E-state index contributed by atoms with van der Waals surface area (Å²) >= 11 is 0. The van der Waals surface area contributed by atoms with Crippen molar-refractivity contribution in [2.75, 3.05) is 0 Å². The smallest absolute Gasteiger partial charge is 0.169 e. The van der Waals surface area contributed by atoms with Gasteiger partial charge in [-0.15, -0.1) is 54.1 Å². The number of hydrogen-bond acceptors (Lipinski definition) is 4. The number of benzene rings is 7. The maximum Gasteiger partial charge on any atom is 0.169 e. The van der Waals surface area contributed by atoms with Crippen LogP contribution in [0.15, 0.2) is 181 Å². The van der Waals surface area contributed by atoms with E-state index in [0.29, 0.717) is 11.2 Å². The number of nitrogens with zero attached hydrogens (tertiary/aromatic N) is 4. The van der Waals surface area contributed by atoms with Crippen LogP contribution >= 0.6 is 0 Å². The summed E-state index contributed by atoms with van der Waals surface area (Å²) in [6.07, 6.45) is 2.23. The predicted molar refractivity (Wildman–Crippen MR) is 282 cm³/mol. The van der Waals surface area contributed by atoms with Crippen LogP contribution < -0.4 is 5.19 Å². The summed E-state index contributed by atoms with van der Waals surface area (Å²) in [5.41, 5.74) is 13.3. The van der Waals surface area contributed by atoms with Gasteiger partial charge in [0.1, 0.15) is 5.58 Å². The van der Waals surface area contributed by atoms with Crippen molar-refractivity contribution in [3.8, 4) is 39.5 Å². The van der Waals surface area contributed by atoms with Crippen molar-refractivity contribution < 1.29 is 27.3 Å². The zero-order chi connectivity index (χ0) is 48.0. The van der Waals surface area contributed by atoms with Crippen LogP contribution in [0, 0.1) is 12.1 Å². The van der Waals surface area contributed by atoms with Crippen LogP contribution in [0.1, 0.15) is 64.5 Å². The van der Waals surface area contributed by atoms with Gasteiger partial charge in [-0.1, -0.05) is 173 Å². The Bertz CT molecular complexity index is 3610. The van der Waals surface area contributed by atoms with Gasteiger partial charge in [0.25, 0.3) is 0 Å². The molecule has 0 aliphatic rings. The van der Waals surface area contributed by atoms with Gasteiger partial charge in [-0.3, -0.25) is 4.98 Å². The van der Waals surface area contributed by atoms with Crippen LogP contribution in [0.2, 0.25) is 19.6 Å². The van der Waals surface area contributed by atoms with Gasteiger partial charge in [0.15, 0.2) is 5.65 Å². The molecule has 4 aromatic heterocycles. The number of hydrogen-bond donors (Lipinski definition) is 0. The van der Waals surface area contributed by atoms with Gasteiger partial charge in [0.2, 0.25) is 0 Å². The minimum absolute atomic E-state index is 0. The van der Waals surface area contributed by atoms with Crippen molar-refractivity contribution in [2.45, 2.75) is 65.5 Å². The van der Waals surface area contributed by atoms with E-state index in [9.17, 15) is 0 Å². The summed E-state index contributed by atoms with van der Waals surface area (Å²) < 4.78 is 26.6. The van der Waals surface area contributed by atoms with Crippen molar-refractivity contribution in [1.82, 2.24) is 19.5 Å². The molecule has 4 heterocycles. The summed E-state index contributed by atoms with van der Waals surface area (Å²) in [7, 11) is -1.76. The third kappa shape index (κ3) is 9.02. The Hall–Kier alpha value is -6.76. The normalized spacial score (nSPS) is 12.3. The van der Waals surface area contributed by atoms with Crippen molar-refractivity contribution in [1.29, 1.82) is 0 Å². The molecule has 0 unspecified atom stereocenters. The number of furan rings is 1. The first-order chi connectivity index (χ1) is 33.3. The molecule has 0 fully saturated rings. The number of pyridine rings is 2. The molecule has 11 rings (SSSR count). The summed E-state index contributed by atoms with van der Waals surface area (Å²) in [5, 5.41) is 5.39. The number of aromatic nitrogens is 4. The second-order valence-electron chi connectivity index (χ2n) is 18.8. The Labute approximate surface area is 417 Å². The summed E-state index contributed by atoms with van der Waals surface area (Å²) in [6, 6.07) is 61.8. The number of para-hydroxylation sites is 1. The van der Waals surface area contributed by atoms with E-state index in [1.54, 1.807) is 0 Å². The second kappa shape index (κ2) is 19.5. The van der Waals surface area contributed by atoms with Gasteiger partial charge in [-0.2, -0.15) is 0 Å². The van der Waals surface area contributed by atoms with E-state index in [2.05, 4.69) is 154 Å². The zero-order valence-electron chi connectivity index (χ0n) is 41.4. The van der Waals surface area contributed by atoms with Gasteiger partial charge in [-0.05, 0) is 75.1 Å². The molecule has 11 aromatic rings. The Morgan fingerprint density at radius 2 is 1.31 bits per heavy atom. The Morgan fingerprint density at radius 3 is 2.00 bits per heavy atom.